The highest BCUT2D eigenvalue weighted by atomic mass is 35.5. The molecule has 0 bridgehead atoms. The molecule has 1 aromatic rings. The van der Waals surface area contributed by atoms with Crippen molar-refractivity contribution in [1.82, 2.24) is 4.98 Å². The molecular formula is C11H14Cl2N4. The second kappa shape index (κ2) is 5.95. The SMILES string of the molecule is CNc1nc(N(C)C(C)CC#N)c(Cl)cc1Cl. The molecular weight excluding hydrogens is 259 g/mol. The maximum absolute atomic E-state index is 8.68. The predicted octanol–water partition coefficient (Wildman–Crippen LogP) is 3.17. The van der Waals surface area contributed by atoms with Gasteiger partial charge in [-0.25, -0.2) is 4.98 Å². The molecule has 0 saturated carbocycles. The molecule has 0 aliphatic rings. The summed E-state index contributed by atoms with van der Waals surface area (Å²) < 4.78 is 0. The van der Waals surface area contributed by atoms with Crippen molar-refractivity contribution in [1.29, 1.82) is 5.26 Å². The van der Waals surface area contributed by atoms with Crippen molar-refractivity contribution in [2.45, 2.75) is 19.4 Å². The third-order valence-electron chi connectivity index (χ3n) is 2.53. The van der Waals surface area contributed by atoms with Gasteiger partial charge in [-0.3, -0.25) is 0 Å². The Morgan fingerprint density at radius 2 is 2.18 bits per heavy atom. The Morgan fingerprint density at radius 1 is 1.53 bits per heavy atom. The Balaban J connectivity index is 3.09. The normalized spacial score (nSPS) is 11.8. The van der Waals surface area contributed by atoms with Gasteiger partial charge in [-0.05, 0) is 13.0 Å². The van der Waals surface area contributed by atoms with Crippen molar-refractivity contribution in [2.75, 3.05) is 24.3 Å². The molecule has 1 heterocycles. The summed E-state index contributed by atoms with van der Waals surface area (Å²) in [5.41, 5.74) is 0. The fourth-order valence-corrected chi connectivity index (χ4v) is 1.94. The molecule has 92 valence electrons. The van der Waals surface area contributed by atoms with Crippen LogP contribution in [0.25, 0.3) is 0 Å². The first-order valence-corrected chi connectivity index (χ1v) is 5.90. The van der Waals surface area contributed by atoms with Crippen LogP contribution in [0.15, 0.2) is 6.07 Å². The lowest BCUT2D eigenvalue weighted by Gasteiger charge is -2.25. The van der Waals surface area contributed by atoms with Gasteiger partial charge in [-0.2, -0.15) is 5.26 Å². The summed E-state index contributed by atoms with van der Waals surface area (Å²) in [5.74, 6) is 1.19. The van der Waals surface area contributed by atoms with Crippen LogP contribution in [-0.2, 0) is 0 Å². The van der Waals surface area contributed by atoms with Crippen LogP contribution < -0.4 is 10.2 Å². The van der Waals surface area contributed by atoms with Crippen molar-refractivity contribution in [3.8, 4) is 6.07 Å². The van der Waals surface area contributed by atoms with Gasteiger partial charge in [-0.1, -0.05) is 23.2 Å². The Kier molecular flexibility index (Phi) is 4.86. The van der Waals surface area contributed by atoms with E-state index < -0.39 is 0 Å². The minimum absolute atomic E-state index is 0.0379. The Labute approximate surface area is 111 Å². The Morgan fingerprint density at radius 3 is 2.71 bits per heavy atom. The van der Waals surface area contributed by atoms with Gasteiger partial charge in [0.1, 0.15) is 11.6 Å². The van der Waals surface area contributed by atoms with E-state index in [0.717, 1.165) is 0 Å². The average Bonchev–Trinajstić information content (AvgIpc) is 2.29. The van der Waals surface area contributed by atoms with Crippen LogP contribution in [0, 0.1) is 11.3 Å². The van der Waals surface area contributed by atoms with E-state index in [1.165, 1.54) is 0 Å². The van der Waals surface area contributed by atoms with Crippen molar-refractivity contribution < 1.29 is 0 Å². The summed E-state index contributed by atoms with van der Waals surface area (Å²) in [4.78, 5) is 6.20. The number of nitrogens with one attached hydrogen (secondary N) is 1. The number of hydrogen-bond acceptors (Lipinski definition) is 4. The lowest BCUT2D eigenvalue weighted by molar-refractivity contribution is 0.694. The maximum Gasteiger partial charge on any atom is 0.149 e. The quantitative estimate of drug-likeness (QED) is 0.915. The Bertz CT molecular complexity index is 442. The highest BCUT2D eigenvalue weighted by Gasteiger charge is 2.16. The van der Waals surface area contributed by atoms with E-state index in [0.29, 0.717) is 28.1 Å². The second-order valence-corrected chi connectivity index (χ2v) is 4.51. The third kappa shape index (κ3) is 3.15. The molecule has 17 heavy (non-hydrogen) atoms. The van der Waals surface area contributed by atoms with Crippen LogP contribution in [0.1, 0.15) is 13.3 Å². The molecule has 1 atom stereocenters. The molecule has 1 aromatic heterocycles. The third-order valence-corrected chi connectivity index (χ3v) is 3.10. The molecule has 1 unspecified atom stereocenters. The molecule has 0 aliphatic carbocycles. The average molecular weight is 273 g/mol. The van der Waals surface area contributed by atoms with E-state index in [9.17, 15) is 0 Å². The van der Waals surface area contributed by atoms with Gasteiger partial charge < -0.3 is 10.2 Å². The van der Waals surface area contributed by atoms with Crippen LogP contribution in [-0.4, -0.2) is 25.1 Å². The topological polar surface area (TPSA) is 52.0 Å². The molecule has 0 saturated heterocycles. The summed E-state index contributed by atoms with van der Waals surface area (Å²) in [5, 5.41) is 12.5. The molecule has 0 fully saturated rings. The zero-order valence-corrected chi connectivity index (χ0v) is 11.5. The van der Waals surface area contributed by atoms with Gasteiger partial charge >= 0.3 is 0 Å². The molecule has 1 rings (SSSR count). The molecule has 0 radical (unpaired) electrons. The monoisotopic (exact) mass is 272 g/mol. The van der Waals surface area contributed by atoms with E-state index in [1.54, 1.807) is 13.1 Å². The summed E-state index contributed by atoms with van der Waals surface area (Å²) in [7, 11) is 3.59. The fraction of sp³-hybridized carbons (Fsp3) is 0.455. The standard InChI is InChI=1S/C11H14Cl2N4/c1-7(4-5-14)17(3)11-9(13)6-8(12)10(15-2)16-11/h6-7H,4H2,1-3H3,(H,15,16). The van der Waals surface area contributed by atoms with E-state index in [4.69, 9.17) is 28.5 Å². The summed E-state index contributed by atoms with van der Waals surface area (Å²) in [6.07, 6.45) is 0.409. The number of halogens is 2. The molecule has 6 heteroatoms. The first-order valence-electron chi connectivity index (χ1n) is 5.14. The van der Waals surface area contributed by atoms with E-state index in [1.807, 2.05) is 18.9 Å². The van der Waals surface area contributed by atoms with Crippen molar-refractivity contribution in [3.05, 3.63) is 16.1 Å². The molecule has 0 aromatic carbocycles. The van der Waals surface area contributed by atoms with Crippen LogP contribution in [0.4, 0.5) is 11.6 Å². The fourth-order valence-electron chi connectivity index (χ4n) is 1.36. The van der Waals surface area contributed by atoms with Gasteiger partial charge in [0.05, 0.1) is 22.5 Å². The Hall–Kier alpha value is -1.18. The highest BCUT2D eigenvalue weighted by Crippen LogP contribution is 2.31. The van der Waals surface area contributed by atoms with Crippen LogP contribution in [0.2, 0.25) is 10.0 Å². The lowest BCUT2D eigenvalue weighted by Crippen LogP contribution is -2.29. The molecule has 0 amide bonds. The highest BCUT2D eigenvalue weighted by molar-refractivity contribution is 6.37. The van der Waals surface area contributed by atoms with Crippen molar-refractivity contribution in [2.24, 2.45) is 0 Å². The van der Waals surface area contributed by atoms with Gasteiger partial charge in [-0.15, -0.1) is 0 Å². The number of nitrogens with zero attached hydrogens (tertiary/aromatic N) is 3. The van der Waals surface area contributed by atoms with Gasteiger partial charge in [0, 0.05) is 20.1 Å². The second-order valence-electron chi connectivity index (χ2n) is 3.70. The zero-order valence-electron chi connectivity index (χ0n) is 9.96. The van der Waals surface area contributed by atoms with E-state index >= 15 is 0 Å². The first-order chi connectivity index (χ1) is 8.01. The minimum atomic E-state index is 0.0379. The van der Waals surface area contributed by atoms with Gasteiger partial charge in [0.25, 0.3) is 0 Å². The molecule has 4 nitrogen and oxygen atoms in total. The largest absolute Gasteiger partial charge is 0.372 e. The maximum atomic E-state index is 8.68. The predicted molar refractivity (Wildman–Crippen MR) is 71.9 cm³/mol. The molecule has 1 N–H and O–H groups in total. The van der Waals surface area contributed by atoms with Crippen LogP contribution >= 0.6 is 23.2 Å². The molecule has 0 aliphatic heterocycles. The minimum Gasteiger partial charge on any atom is -0.372 e. The van der Waals surface area contributed by atoms with E-state index in [2.05, 4.69) is 16.4 Å². The molecule has 0 spiro atoms. The smallest absolute Gasteiger partial charge is 0.149 e. The van der Waals surface area contributed by atoms with Gasteiger partial charge in [0.2, 0.25) is 0 Å². The van der Waals surface area contributed by atoms with Crippen molar-refractivity contribution in [3.63, 3.8) is 0 Å². The number of aromatic nitrogens is 1. The van der Waals surface area contributed by atoms with Crippen LogP contribution in [0.5, 0.6) is 0 Å². The number of nitriles is 1. The summed E-state index contributed by atoms with van der Waals surface area (Å²) >= 11 is 12.1. The van der Waals surface area contributed by atoms with Gasteiger partial charge in [0.15, 0.2) is 0 Å². The van der Waals surface area contributed by atoms with Crippen LogP contribution in [0.3, 0.4) is 0 Å². The summed E-state index contributed by atoms with van der Waals surface area (Å²) in [6, 6.07) is 3.81. The van der Waals surface area contributed by atoms with E-state index in [-0.39, 0.29) is 6.04 Å². The number of hydrogen-bond donors (Lipinski definition) is 1. The number of rotatable bonds is 4. The number of anilines is 2. The van der Waals surface area contributed by atoms with Crippen molar-refractivity contribution >= 4 is 34.8 Å². The summed E-state index contributed by atoms with van der Waals surface area (Å²) in [6.45, 7) is 1.94. The number of pyridine rings is 1. The zero-order chi connectivity index (χ0) is 13.0. The first kappa shape index (κ1) is 13.9. The lowest BCUT2D eigenvalue weighted by atomic mass is 10.2.